The van der Waals surface area contributed by atoms with Crippen LogP contribution in [0.2, 0.25) is 0 Å². The van der Waals surface area contributed by atoms with E-state index in [1.807, 2.05) is 0 Å². The van der Waals surface area contributed by atoms with E-state index in [4.69, 9.17) is 4.74 Å². The molecular formula is C9H12F3NO. The lowest BCUT2D eigenvalue weighted by atomic mass is 10.3. The van der Waals surface area contributed by atoms with E-state index < -0.39 is 11.7 Å². The summed E-state index contributed by atoms with van der Waals surface area (Å²) in [6, 6.07) is 0. The van der Waals surface area contributed by atoms with Crippen LogP contribution < -0.4 is 0 Å². The number of nitrogens with zero attached hydrogens (tertiary/aromatic N) is 1. The zero-order valence-corrected chi connectivity index (χ0v) is 8.06. The van der Waals surface area contributed by atoms with Crippen LogP contribution in [0.15, 0.2) is 29.1 Å². The van der Waals surface area contributed by atoms with Gasteiger partial charge >= 0.3 is 6.18 Å². The lowest BCUT2D eigenvalue weighted by Crippen LogP contribution is -2.11. The number of halogens is 3. The molecule has 0 bridgehead atoms. The normalized spacial score (nSPS) is 13.4. The Morgan fingerprint density at radius 3 is 2.43 bits per heavy atom. The van der Waals surface area contributed by atoms with Gasteiger partial charge in [-0.2, -0.15) is 13.2 Å². The second-order valence-electron chi connectivity index (χ2n) is 2.34. The third-order valence-corrected chi connectivity index (χ3v) is 1.25. The van der Waals surface area contributed by atoms with Gasteiger partial charge in [0.15, 0.2) is 0 Å². The zero-order valence-electron chi connectivity index (χ0n) is 8.06. The summed E-state index contributed by atoms with van der Waals surface area (Å²) in [5.74, 6) is 0.151. The van der Waals surface area contributed by atoms with Crippen molar-refractivity contribution in [3.8, 4) is 0 Å². The second kappa shape index (κ2) is 5.47. The minimum atomic E-state index is -4.44. The van der Waals surface area contributed by atoms with Crippen molar-refractivity contribution in [1.29, 1.82) is 0 Å². The van der Waals surface area contributed by atoms with Crippen molar-refractivity contribution < 1.29 is 17.9 Å². The standard InChI is InChI=1S/C9H12F3NO/c1-4-8(14-5-2)13-6-7(3)9(10,11)12/h4,6H,3,5H2,1-2H3/b8-4-,13-6?. The van der Waals surface area contributed by atoms with Gasteiger partial charge in [0.25, 0.3) is 0 Å². The van der Waals surface area contributed by atoms with Gasteiger partial charge in [-0.1, -0.05) is 6.58 Å². The average molecular weight is 207 g/mol. The molecule has 0 spiro atoms. The smallest absolute Gasteiger partial charge is 0.417 e. The van der Waals surface area contributed by atoms with Crippen LogP contribution in [0.3, 0.4) is 0 Å². The van der Waals surface area contributed by atoms with Crippen LogP contribution >= 0.6 is 0 Å². The van der Waals surface area contributed by atoms with Gasteiger partial charge in [-0.05, 0) is 19.9 Å². The number of hydrogen-bond acceptors (Lipinski definition) is 2. The Labute approximate surface area is 80.8 Å². The first kappa shape index (κ1) is 12.7. The molecule has 0 atom stereocenters. The van der Waals surface area contributed by atoms with Gasteiger partial charge in [0.2, 0.25) is 5.88 Å². The summed E-state index contributed by atoms with van der Waals surface area (Å²) in [5, 5.41) is 0. The molecule has 0 rings (SSSR count). The van der Waals surface area contributed by atoms with Gasteiger partial charge in [0.1, 0.15) is 0 Å². The summed E-state index contributed by atoms with van der Waals surface area (Å²) < 4.78 is 40.7. The van der Waals surface area contributed by atoms with E-state index in [9.17, 15) is 13.2 Å². The predicted molar refractivity (Wildman–Crippen MR) is 49.1 cm³/mol. The minimum Gasteiger partial charge on any atom is -0.478 e. The third-order valence-electron chi connectivity index (χ3n) is 1.25. The number of ether oxygens (including phenoxy) is 1. The Kier molecular flexibility index (Phi) is 4.97. The Bertz CT molecular complexity index is 253. The fourth-order valence-corrected chi connectivity index (χ4v) is 0.558. The fraction of sp³-hybridized carbons (Fsp3) is 0.444. The molecule has 0 aromatic rings. The van der Waals surface area contributed by atoms with E-state index in [1.54, 1.807) is 13.8 Å². The van der Waals surface area contributed by atoms with Crippen LogP contribution in [0.5, 0.6) is 0 Å². The molecule has 0 aromatic carbocycles. The van der Waals surface area contributed by atoms with Gasteiger partial charge in [-0.15, -0.1) is 0 Å². The zero-order chi connectivity index (χ0) is 11.2. The van der Waals surface area contributed by atoms with Gasteiger partial charge in [-0.25, -0.2) is 4.99 Å². The summed E-state index contributed by atoms with van der Waals surface area (Å²) >= 11 is 0. The lowest BCUT2D eigenvalue weighted by molar-refractivity contribution is -0.0852. The first-order chi connectivity index (χ1) is 6.41. The van der Waals surface area contributed by atoms with E-state index in [0.29, 0.717) is 12.8 Å². The molecule has 0 N–H and O–H groups in total. The van der Waals surface area contributed by atoms with Gasteiger partial charge < -0.3 is 4.74 Å². The summed E-state index contributed by atoms with van der Waals surface area (Å²) in [4.78, 5) is 3.49. The molecule has 0 saturated heterocycles. The quantitative estimate of drug-likeness (QED) is 0.512. The maximum Gasteiger partial charge on any atom is 0.417 e. The predicted octanol–water partition coefficient (Wildman–Crippen LogP) is 3.07. The van der Waals surface area contributed by atoms with Crippen molar-refractivity contribution in [2.45, 2.75) is 20.0 Å². The maximum absolute atomic E-state index is 11.9. The Morgan fingerprint density at radius 1 is 1.50 bits per heavy atom. The van der Waals surface area contributed by atoms with Crippen LogP contribution in [0.25, 0.3) is 0 Å². The second-order valence-corrected chi connectivity index (χ2v) is 2.34. The Balaban J connectivity index is 4.36. The van der Waals surface area contributed by atoms with Crippen LogP contribution in [0.1, 0.15) is 13.8 Å². The minimum absolute atomic E-state index is 0.151. The van der Waals surface area contributed by atoms with Crippen molar-refractivity contribution in [1.82, 2.24) is 0 Å². The van der Waals surface area contributed by atoms with Crippen molar-refractivity contribution in [3.63, 3.8) is 0 Å². The van der Waals surface area contributed by atoms with Crippen molar-refractivity contribution in [3.05, 3.63) is 24.1 Å². The van der Waals surface area contributed by atoms with Crippen LogP contribution in [0.4, 0.5) is 13.2 Å². The van der Waals surface area contributed by atoms with Crippen molar-refractivity contribution in [2.24, 2.45) is 4.99 Å². The molecule has 0 amide bonds. The highest BCUT2D eigenvalue weighted by Gasteiger charge is 2.30. The van der Waals surface area contributed by atoms with Gasteiger partial charge in [0.05, 0.1) is 12.2 Å². The monoisotopic (exact) mass is 207 g/mol. The molecule has 80 valence electrons. The first-order valence-corrected chi connectivity index (χ1v) is 4.01. The number of allylic oxidation sites excluding steroid dienone is 2. The molecule has 0 aliphatic carbocycles. The largest absolute Gasteiger partial charge is 0.478 e. The van der Waals surface area contributed by atoms with E-state index in [-0.39, 0.29) is 5.88 Å². The highest BCUT2D eigenvalue weighted by Crippen LogP contribution is 2.22. The maximum atomic E-state index is 11.9. The molecule has 0 aliphatic rings. The van der Waals surface area contributed by atoms with Crippen LogP contribution in [-0.4, -0.2) is 19.0 Å². The van der Waals surface area contributed by atoms with Gasteiger partial charge in [0, 0.05) is 6.21 Å². The molecule has 0 fully saturated rings. The molecule has 0 saturated carbocycles. The molecule has 14 heavy (non-hydrogen) atoms. The Morgan fingerprint density at radius 2 is 2.07 bits per heavy atom. The molecule has 0 unspecified atom stereocenters. The fourth-order valence-electron chi connectivity index (χ4n) is 0.558. The van der Waals surface area contributed by atoms with E-state index in [2.05, 4.69) is 11.6 Å². The Hall–Kier alpha value is -1.26. The number of rotatable bonds is 4. The third kappa shape index (κ3) is 4.69. The molecule has 0 radical (unpaired) electrons. The summed E-state index contributed by atoms with van der Waals surface area (Å²) in [6.07, 6.45) is -2.32. The highest BCUT2D eigenvalue weighted by atomic mass is 19.4. The first-order valence-electron chi connectivity index (χ1n) is 4.01. The number of aliphatic imine (C=N–C) groups is 1. The lowest BCUT2D eigenvalue weighted by Gasteiger charge is -2.05. The SMILES string of the molecule is C=C(C=N/C(=C/C)OCC)C(F)(F)F. The van der Waals surface area contributed by atoms with Crippen molar-refractivity contribution in [2.75, 3.05) is 6.61 Å². The summed E-state index contributed by atoms with van der Waals surface area (Å²) in [5.41, 5.74) is -1.00. The number of alkyl halides is 3. The summed E-state index contributed by atoms with van der Waals surface area (Å²) in [7, 11) is 0. The van der Waals surface area contributed by atoms with E-state index in [1.165, 1.54) is 6.08 Å². The van der Waals surface area contributed by atoms with Crippen LogP contribution in [0, 0.1) is 0 Å². The van der Waals surface area contributed by atoms with Crippen molar-refractivity contribution >= 4 is 6.21 Å². The van der Waals surface area contributed by atoms with Gasteiger partial charge in [-0.3, -0.25) is 0 Å². The summed E-state index contributed by atoms with van der Waals surface area (Å²) in [6.45, 7) is 6.54. The van der Waals surface area contributed by atoms with E-state index >= 15 is 0 Å². The molecule has 0 heterocycles. The highest BCUT2D eigenvalue weighted by molar-refractivity contribution is 5.79. The topological polar surface area (TPSA) is 21.6 Å². The number of hydrogen-bond donors (Lipinski definition) is 0. The van der Waals surface area contributed by atoms with Crippen LogP contribution in [-0.2, 0) is 4.74 Å². The molecule has 0 aliphatic heterocycles. The molecule has 0 aromatic heterocycles. The molecule has 5 heteroatoms. The van der Waals surface area contributed by atoms with E-state index in [0.717, 1.165) is 0 Å². The molecule has 2 nitrogen and oxygen atoms in total. The average Bonchev–Trinajstić information content (AvgIpc) is 2.10. The molecular weight excluding hydrogens is 195 g/mol.